The van der Waals surface area contributed by atoms with Crippen LogP contribution >= 0.6 is 0 Å². The molecule has 0 saturated heterocycles. The lowest BCUT2D eigenvalue weighted by Crippen LogP contribution is -2.24. The Hall–Kier alpha value is -1.39. The number of hydrogen-bond acceptors (Lipinski definition) is 3. The molecule has 0 aromatic carbocycles. The minimum Gasteiger partial charge on any atom is -0.481 e. The van der Waals surface area contributed by atoms with E-state index in [2.05, 4.69) is 23.9 Å². The molecule has 1 heterocycles. The largest absolute Gasteiger partial charge is 0.481 e. The number of hydrogen-bond donors (Lipinski definition) is 1. The molecule has 5 nitrogen and oxygen atoms in total. The van der Waals surface area contributed by atoms with Crippen LogP contribution in [0.2, 0.25) is 0 Å². The zero-order valence-corrected chi connectivity index (χ0v) is 10.9. The van der Waals surface area contributed by atoms with E-state index in [0.717, 1.165) is 12.4 Å². The number of carboxylic acids is 1. The Labute approximate surface area is 102 Å². The van der Waals surface area contributed by atoms with Crippen LogP contribution in [0.3, 0.4) is 0 Å². The Kier molecular flexibility index (Phi) is 4.66. The number of nitrogens with zero attached hydrogens (tertiary/aromatic N) is 3. The second-order valence-corrected chi connectivity index (χ2v) is 5.15. The van der Waals surface area contributed by atoms with Crippen molar-refractivity contribution in [2.75, 3.05) is 0 Å². The van der Waals surface area contributed by atoms with E-state index in [0.29, 0.717) is 12.3 Å². The molecule has 1 unspecified atom stereocenters. The second-order valence-electron chi connectivity index (χ2n) is 5.15. The fraction of sp³-hybridized carbons (Fsp3) is 0.750. The van der Waals surface area contributed by atoms with Crippen LogP contribution in [0.4, 0.5) is 0 Å². The molecule has 5 heteroatoms. The summed E-state index contributed by atoms with van der Waals surface area (Å²) in [6, 6.07) is 0. The Bertz CT molecular complexity index is 372. The van der Waals surface area contributed by atoms with Crippen molar-refractivity contribution in [3.8, 4) is 0 Å². The normalized spacial score (nSPS) is 13.3. The maximum atomic E-state index is 11.1. The molecule has 0 fully saturated rings. The van der Waals surface area contributed by atoms with Crippen molar-refractivity contribution in [1.29, 1.82) is 0 Å². The van der Waals surface area contributed by atoms with Crippen LogP contribution < -0.4 is 0 Å². The van der Waals surface area contributed by atoms with Gasteiger partial charge in [-0.05, 0) is 11.8 Å². The van der Waals surface area contributed by atoms with E-state index >= 15 is 0 Å². The molecule has 17 heavy (non-hydrogen) atoms. The highest BCUT2D eigenvalue weighted by Crippen LogP contribution is 2.16. The highest BCUT2D eigenvalue weighted by Gasteiger charge is 2.24. The average molecular weight is 239 g/mol. The van der Waals surface area contributed by atoms with Gasteiger partial charge in [0.2, 0.25) is 0 Å². The summed E-state index contributed by atoms with van der Waals surface area (Å²) in [5, 5.41) is 13.3. The van der Waals surface area contributed by atoms with Crippen molar-refractivity contribution in [2.24, 2.45) is 17.8 Å². The van der Waals surface area contributed by atoms with Crippen molar-refractivity contribution in [1.82, 2.24) is 14.8 Å². The maximum absolute atomic E-state index is 11.1. The molecule has 1 aromatic heterocycles. The van der Waals surface area contributed by atoms with Gasteiger partial charge >= 0.3 is 5.97 Å². The molecular formula is C12H21N3O2. The van der Waals surface area contributed by atoms with E-state index in [1.54, 1.807) is 0 Å². The summed E-state index contributed by atoms with van der Waals surface area (Å²) in [5.41, 5.74) is 0. The second kappa shape index (κ2) is 5.80. The predicted molar refractivity (Wildman–Crippen MR) is 64.5 cm³/mol. The smallest absolute Gasteiger partial charge is 0.307 e. The van der Waals surface area contributed by atoms with Crippen molar-refractivity contribution < 1.29 is 9.90 Å². The lowest BCUT2D eigenvalue weighted by molar-refractivity contribution is -0.143. The van der Waals surface area contributed by atoms with Gasteiger partial charge in [0.1, 0.15) is 12.2 Å². The van der Waals surface area contributed by atoms with Gasteiger partial charge in [0, 0.05) is 13.0 Å². The van der Waals surface area contributed by atoms with E-state index < -0.39 is 11.9 Å². The Morgan fingerprint density at radius 2 is 2.06 bits per heavy atom. The zero-order valence-electron chi connectivity index (χ0n) is 10.9. The van der Waals surface area contributed by atoms with E-state index in [1.807, 2.05) is 18.5 Å². The third-order valence-electron chi connectivity index (χ3n) is 2.76. The molecule has 96 valence electrons. The fourth-order valence-corrected chi connectivity index (χ4v) is 1.75. The first-order chi connectivity index (χ1) is 7.91. The number of rotatable bonds is 6. The van der Waals surface area contributed by atoms with Gasteiger partial charge in [0.05, 0.1) is 5.92 Å². The van der Waals surface area contributed by atoms with Gasteiger partial charge in [0.15, 0.2) is 0 Å². The molecular weight excluding hydrogens is 218 g/mol. The predicted octanol–water partition coefficient (Wildman–Crippen LogP) is 1.83. The molecule has 0 radical (unpaired) electrons. The quantitative estimate of drug-likeness (QED) is 0.822. The Morgan fingerprint density at radius 3 is 2.53 bits per heavy atom. The van der Waals surface area contributed by atoms with Crippen LogP contribution in [-0.4, -0.2) is 25.8 Å². The molecule has 0 saturated carbocycles. The highest BCUT2D eigenvalue weighted by molar-refractivity contribution is 5.70. The molecule has 0 aliphatic heterocycles. The molecule has 1 aromatic rings. The summed E-state index contributed by atoms with van der Waals surface area (Å²) in [4.78, 5) is 15.3. The van der Waals surface area contributed by atoms with Crippen molar-refractivity contribution in [3.05, 3.63) is 12.2 Å². The Morgan fingerprint density at radius 1 is 1.41 bits per heavy atom. The monoisotopic (exact) mass is 239 g/mol. The minimum atomic E-state index is -0.765. The zero-order chi connectivity index (χ0) is 13.0. The molecule has 1 rings (SSSR count). The standard InChI is InChI=1S/C12H21N3O2/c1-8(2)6-15-11(13-7-14-15)5-10(9(3)4)12(16)17/h7-10H,5-6H2,1-4H3,(H,16,17). The Balaban J connectivity index is 2.79. The van der Waals surface area contributed by atoms with Crippen LogP contribution in [0.15, 0.2) is 6.33 Å². The molecule has 0 bridgehead atoms. The summed E-state index contributed by atoms with van der Waals surface area (Å²) in [6.45, 7) is 8.81. The molecule has 0 aliphatic rings. The highest BCUT2D eigenvalue weighted by atomic mass is 16.4. The van der Waals surface area contributed by atoms with Crippen LogP contribution in [-0.2, 0) is 17.8 Å². The van der Waals surface area contributed by atoms with Crippen LogP contribution in [0.1, 0.15) is 33.5 Å². The summed E-state index contributed by atoms with van der Waals surface area (Å²) in [5.74, 6) is 0.165. The van der Waals surface area contributed by atoms with Gasteiger partial charge in [-0.25, -0.2) is 9.67 Å². The maximum Gasteiger partial charge on any atom is 0.307 e. The van der Waals surface area contributed by atoms with E-state index in [1.165, 1.54) is 6.33 Å². The first kappa shape index (κ1) is 13.7. The van der Waals surface area contributed by atoms with Gasteiger partial charge in [0.25, 0.3) is 0 Å². The van der Waals surface area contributed by atoms with Gasteiger partial charge < -0.3 is 5.11 Å². The fourth-order valence-electron chi connectivity index (χ4n) is 1.75. The van der Waals surface area contributed by atoms with Gasteiger partial charge in [-0.1, -0.05) is 27.7 Å². The molecule has 0 amide bonds. The van der Waals surface area contributed by atoms with Crippen LogP contribution in [0, 0.1) is 17.8 Å². The number of carbonyl (C=O) groups is 1. The topological polar surface area (TPSA) is 68.0 Å². The molecule has 1 N–H and O–H groups in total. The van der Waals surface area contributed by atoms with Crippen molar-refractivity contribution in [3.63, 3.8) is 0 Å². The van der Waals surface area contributed by atoms with E-state index in [9.17, 15) is 4.79 Å². The van der Waals surface area contributed by atoms with Gasteiger partial charge in [-0.2, -0.15) is 5.10 Å². The molecule has 0 spiro atoms. The van der Waals surface area contributed by atoms with E-state index in [-0.39, 0.29) is 5.92 Å². The third kappa shape index (κ3) is 3.84. The SMILES string of the molecule is CC(C)Cn1ncnc1CC(C(=O)O)C(C)C. The first-order valence-electron chi connectivity index (χ1n) is 6.01. The van der Waals surface area contributed by atoms with Crippen LogP contribution in [0.25, 0.3) is 0 Å². The van der Waals surface area contributed by atoms with Crippen molar-refractivity contribution in [2.45, 2.75) is 40.7 Å². The summed E-state index contributed by atoms with van der Waals surface area (Å²) < 4.78 is 1.81. The van der Waals surface area contributed by atoms with Gasteiger partial charge in [-0.3, -0.25) is 4.79 Å². The lowest BCUT2D eigenvalue weighted by Gasteiger charge is -2.16. The minimum absolute atomic E-state index is 0.0942. The van der Waals surface area contributed by atoms with Gasteiger partial charge in [-0.15, -0.1) is 0 Å². The van der Waals surface area contributed by atoms with Crippen LogP contribution in [0.5, 0.6) is 0 Å². The third-order valence-corrected chi connectivity index (χ3v) is 2.76. The summed E-state index contributed by atoms with van der Waals surface area (Å²) >= 11 is 0. The average Bonchev–Trinajstić information content (AvgIpc) is 2.59. The summed E-state index contributed by atoms with van der Waals surface area (Å²) in [7, 11) is 0. The summed E-state index contributed by atoms with van der Waals surface area (Å²) in [6.07, 6.45) is 1.94. The number of carboxylic acid groups (broad SMARTS) is 1. The molecule has 1 atom stereocenters. The van der Waals surface area contributed by atoms with E-state index in [4.69, 9.17) is 5.11 Å². The van der Waals surface area contributed by atoms with Crippen molar-refractivity contribution >= 4 is 5.97 Å². The lowest BCUT2D eigenvalue weighted by atomic mass is 9.92. The number of aliphatic carboxylic acids is 1. The number of aromatic nitrogens is 3. The first-order valence-corrected chi connectivity index (χ1v) is 6.01. The molecule has 0 aliphatic carbocycles.